The van der Waals surface area contributed by atoms with E-state index in [9.17, 15) is 9.59 Å². The predicted molar refractivity (Wildman–Crippen MR) is 62.2 cm³/mol. The molecule has 0 fully saturated rings. The summed E-state index contributed by atoms with van der Waals surface area (Å²) in [5.41, 5.74) is 1.63. The summed E-state index contributed by atoms with van der Waals surface area (Å²) in [7, 11) is 0. The van der Waals surface area contributed by atoms with E-state index in [4.69, 9.17) is 5.21 Å². The van der Waals surface area contributed by atoms with Gasteiger partial charge in [0.2, 0.25) is 5.91 Å². The van der Waals surface area contributed by atoms with Crippen molar-refractivity contribution in [3.8, 4) is 0 Å². The molecule has 0 unspecified atom stereocenters. The Morgan fingerprint density at radius 1 is 0.938 bits per heavy atom. The molecule has 0 saturated carbocycles. The number of aldehydes is 1. The lowest BCUT2D eigenvalue weighted by molar-refractivity contribution is -0.129. The van der Waals surface area contributed by atoms with Crippen molar-refractivity contribution in [1.82, 2.24) is 5.48 Å². The molecule has 0 bridgehead atoms. The predicted octanol–water partition coefficient (Wildman–Crippen LogP) is 2.59. The summed E-state index contributed by atoms with van der Waals surface area (Å²) in [6, 6.07) is 0. The standard InChI is InChI=1S/C12H23NO3/c14-11-9-7-5-3-1-2-4-6-8-10-12(15)13-16/h11,16H,1-10H2,(H,13,15). The van der Waals surface area contributed by atoms with Crippen LogP contribution in [0, 0.1) is 0 Å². The van der Waals surface area contributed by atoms with Crippen molar-refractivity contribution in [2.24, 2.45) is 0 Å². The molecule has 0 rings (SSSR count). The minimum absolute atomic E-state index is 0.297. The number of hydrogen-bond acceptors (Lipinski definition) is 3. The van der Waals surface area contributed by atoms with Gasteiger partial charge in [0.05, 0.1) is 0 Å². The highest BCUT2D eigenvalue weighted by molar-refractivity contribution is 5.74. The highest BCUT2D eigenvalue weighted by atomic mass is 16.5. The van der Waals surface area contributed by atoms with Gasteiger partial charge in [-0.15, -0.1) is 0 Å². The molecule has 94 valence electrons. The van der Waals surface area contributed by atoms with E-state index >= 15 is 0 Å². The summed E-state index contributed by atoms with van der Waals surface area (Å²) in [5, 5.41) is 8.25. The zero-order chi connectivity index (χ0) is 12.1. The zero-order valence-electron chi connectivity index (χ0n) is 9.91. The molecular formula is C12H23NO3. The monoisotopic (exact) mass is 229 g/mol. The molecule has 16 heavy (non-hydrogen) atoms. The zero-order valence-corrected chi connectivity index (χ0v) is 9.91. The third kappa shape index (κ3) is 11.2. The lowest BCUT2D eigenvalue weighted by Gasteiger charge is -2.01. The van der Waals surface area contributed by atoms with Crippen LogP contribution in [0.2, 0.25) is 0 Å². The smallest absolute Gasteiger partial charge is 0.243 e. The van der Waals surface area contributed by atoms with Gasteiger partial charge in [0.15, 0.2) is 0 Å². The van der Waals surface area contributed by atoms with Crippen LogP contribution in [0.3, 0.4) is 0 Å². The molecule has 0 aromatic heterocycles. The fraction of sp³-hybridized carbons (Fsp3) is 0.833. The summed E-state index contributed by atoms with van der Waals surface area (Å²) >= 11 is 0. The summed E-state index contributed by atoms with van der Waals surface area (Å²) in [4.78, 5) is 20.7. The van der Waals surface area contributed by atoms with Crippen LogP contribution in [0.25, 0.3) is 0 Å². The Labute approximate surface area is 97.4 Å². The van der Waals surface area contributed by atoms with E-state index in [1.807, 2.05) is 0 Å². The van der Waals surface area contributed by atoms with Gasteiger partial charge in [0.1, 0.15) is 6.29 Å². The van der Waals surface area contributed by atoms with Crippen LogP contribution in [0.5, 0.6) is 0 Å². The van der Waals surface area contributed by atoms with Gasteiger partial charge in [-0.05, 0) is 12.8 Å². The second-order valence-corrected chi connectivity index (χ2v) is 4.07. The summed E-state index contributed by atoms with van der Waals surface area (Å²) in [6.45, 7) is 0. The first-order valence-electron chi connectivity index (χ1n) is 6.18. The quantitative estimate of drug-likeness (QED) is 0.248. The number of unbranched alkanes of at least 4 members (excludes halogenated alkanes) is 8. The molecule has 0 aromatic carbocycles. The average Bonchev–Trinajstić information content (AvgIpc) is 2.31. The SMILES string of the molecule is O=CCCCCCCCCCCC(=O)NO. The topological polar surface area (TPSA) is 66.4 Å². The first kappa shape index (κ1) is 15.1. The molecule has 0 atom stereocenters. The third-order valence-electron chi connectivity index (χ3n) is 2.60. The van der Waals surface area contributed by atoms with Gasteiger partial charge in [-0.25, -0.2) is 5.48 Å². The molecule has 4 nitrogen and oxygen atoms in total. The largest absolute Gasteiger partial charge is 0.303 e. The van der Waals surface area contributed by atoms with E-state index < -0.39 is 0 Å². The van der Waals surface area contributed by atoms with Gasteiger partial charge in [0, 0.05) is 12.8 Å². The van der Waals surface area contributed by atoms with E-state index in [2.05, 4.69) is 0 Å². The maximum absolute atomic E-state index is 10.7. The molecule has 2 N–H and O–H groups in total. The maximum atomic E-state index is 10.7. The van der Waals surface area contributed by atoms with Crippen LogP contribution >= 0.6 is 0 Å². The van der Waals surface area contributed by atoms with E-state index in [-0.39, 0.29) is 5.91 Å². The van der Waals surface area contributed by atoms with Crippen LogP contribution in [0.1, 0.15) is 64.2 Å². The van der Waals surface area contributed by atoms with Crippen LogP contribution in [0.4, 0.5) is 0 Å². The molecule has 1 amide bonds. The van der Waals surface area contributed by atoms with Gasteiger partial charge in [0.25, 0.3) is 0 Å². The van der Waals surface area contributed by atoms with E-state index in [1.54, 1.807) is 5.48 Å². The van der Waals surface area contributed by atoms with Crippen LogP contribution < -0.4 is 5.48 Å². The van der Waals surface area contributed by atoms with Crippen molar-refractivity contribution < 1.29 is 14.8 Å². The van der Waals surface area contributed by atoms with Crippen LogP contribution in [-0.2, 0) is 9.59 Å². The Morgan fingerprint density at radius 2 is 1.44 bits per heavy atom. The van der Waals surface area contributed by atoms with Crippen LogP contribution in [0.15, 0.2) is 0 Å². The first-order chi connectivity index (χ1) is 7.81. The van der Waals surface area contributed by atoms with Crippen LogP contribution in [-0.4, -0.2) is 17.4 Å². The molecule has 0 heterocycles. The first-order valence-corrected chi connectivity index (χ1v) is 6.18. The van der Waals surface area contributed by atoms with Gasteiger partial charge < -0.3 is 4.79 Å². The van der Waals surface area contributed by atoms with Gasteiger partial charge in [-0.2, -0.15) is 0 Å². The molecular weight excluding hydrogens is 206 g/mol. The van der Waals surface area contributed by atoms with Crippen molar-refractivity contribution in [3.05, 3.63) is 0 Å². The second kappa shape index (κ2) is 12.2. The molecule has 0 radical (unpaired) electrons. The average molecular weight is 229 g/mol. The van der Waals surface area contributed by atoms with Crippen molar-refractivity contribution in [2.45, 2.75) is 64.2 Å². The van der Waals surface area contributed by atoms with Crippen molar-refractivity contribution in [1.29, 1.82) is 0 Å². The summed E-state index contributed by atoms with van der Waals surface area (Å²) < 4.78 is 0. The third-order valence-corrected chi connectivity index (χ3v) is 2.60. The maximum Gasteiger partial charge on any atom is 0.243 e. The Balaban J connectivity index is 2.98. The molecule has 0 aliphatic carbocycles. The minimum Gasteiger partial charge on any atom is -0.303 e. The second-order valence-electron chi connectivity index (χ2n) is 4.07. The number of hydrogen-bond donors (Lipinski definition) is 2. The van der Waals surface area contributed by atoms with Gasteiger partial charge >= 0.3 is 0 Å². The van der Waals surface area contributed by atoms with E-state index in [0.29, 0.717) is 12.8 Å². The number of amides is 1. The molecule has 4 heteroatoms. The highest BCUT2D eigenvalue weighted by Gasteiger charge is 1.98. The summed E-state index contributed by atoms with van der Waals surface area (Å²) in [5.74, 6) is -0.297. The Morgan fingerprint density at radius 3 is 1.94 bits per heavy atom. The van der Waals surface area contributed by atoms with E-state index in [0.717, 1.165) is 38.4 Å². The van der Waals surface area contributed by atoms with Crippen molar-refractivity contribution in [3.63, 3.8) is 0 Å². The molecule has 0 aromatic rings. The normalized spacial score (nSPS) is 10.1. The van der Waals surface area contributed by atoms with Gasteiger partial charge in [-0.3, -0.25) is 10.0 Å². The Kier molecular flexibility index (Phi) is 11.5. The minimum atomic E-state index is -0.297. The fourth-order valence-electron chi connectivity index (χ4n) is 1.63. The molecule has 0 saturated heterocycles. The Bertz CT molecular complexity index is 183. The highest BCUT2D eigenvalue weighted by Crippen LogP contribution is 2.10. The van der Waals surface area contributed by atoms with Gasteiger partial charge in [-0.1, -0.05) is 38.5 Å². The summed E-state index contributed by atoms with van der Waals surface area (Å²) in [6.07, 6.45) is 10.9. The molecule has 0 aliphatic heterocycles. The number of hydroxylamine groups is 1. The number of carbonyl (C=O) groups is 2. The van der Waals surface area contributed by atoms with Crippen molar-refractivity contribution >= 4 is 12.2 Å². The van der Waals surface area contributed by atoms with Crippen molar-refractivity contribution in [2.75, 3.05) is 0 Å². The Hall–Kier alpha value is -0.900. The van der Waals surface area contributed by atoms with E-state index in [1.165, 1.54) is 19.3 Å². The number of carbonyl (C=O) groups excluding carboxylic acids is 2. The molecule has 0 aliphatic rings. The fourth-order valence-corrected chi connectivity index (χ4v) is 1.63. The lowest BCUT2D eigenvalue weighted by Crippen LogP contribution is -2.17. The molecule has 0 spiro atoms. The number of nitrogens with one attached hydrogen (secondary N) is 1. The lowest BCUT2D eigenvalue weighted by atomic mass is 10.1. The number of rotatable bonds is 11.